The first-order chi connectivity index (χ1) is 7.79. The maximum atomic E-state index is 3.79. The van der Waals surface area contributed by atoms with Crippen LogP contribution < -0.4 is 5.32 Å². The summed E-state index contributed by atoms with van der Waals surface area (Å²) in [7, 11) is 0. The van der Waals surface area contributed by atoms with Gasteiger partial charge in [0.05, 0.1) is 0 Å². The van der Waals surface area contributed by atoms with Gasteiger partial charge in [-0.3, -0.25) is 4.90 Å². The Morgan fingerprint density at radius 3 is 2.81 bits per heavy atom. The van der Waals surface area contributed by atoms with E-state index in [9.17, 15) is 0 Å². The fourth-order valence-electron chi connectivity index (χ4n) is 2.52. The van der Waals surface area contributed by atoms with Crippen molar-refractivity contribution >= 4 is 11.8 Å². The fourth-order valence-corrected chi connectivity index (χ4v) is 3.31. The van der Waals surface area contributed by atoms with Crippen LogP contribution >= 0.6 is 11.8 Å². The molecule has 0 aromatic carbocycles. The van der Waals surface area contributed by atoms with E-state index in [0.717, 1.165) is 18.1 Å². The quantitative estimate of drug-likeness (QED) is 0.770. The van der Waals surface area contributed by atoms with Crippen LogP contribution in [-0.4, -0.2) is 47.6 Å². The number of hydrogen-bond acceptors (Lipinski definition) is 3. The lowest BCUT2D eigenvalue weighted by molar-refractivity contribution is 0.156. The summed E-state index contributed by atoms with van der Waals surface area (Å²) in [6.07, 6.45) is 5.60. The van der Waals surface area contributed by atoms with Crippen LogP contribution in [0.1, 0.15) is 39.5 Å². The molecule has 2 aliphatic rings. The lowest BCUT2D eigenvalue weighted by atomic mass is 10.0. The van der Waals surface area contributed by atoms with Crippen molar-refractivity contribution in [3.8, 4) is 0 Å². The second-order valence-electron chi connectivity index (χ2n) is 5.28. The summed E-state index contributed by atoms with van der Waals surface area (Å²) >= 11 is 2.08. The van der Waals surface area contributed by atoms with Gasteiger partial charge in [-0.25, -0.2) is 0 Å². The number of hydrogen-bond donors (Lipinski definition) is 1. The van der Waals surface area contributed by atoms with Crippen LogP contribution in [0.2, 0.25) is 0 Å². The lowest BCUT2D eigenvalue weighted by Gasteiger charge is -2.37. The van der Waals surface area contributed by atoms with Crippen LogP contribution in [0.5, 0.6) is 0 Å². The minimum absolute atomic E-state index is 0.758. The molecule has 1 saturated carbocycles. The van der Waals surface area contributed by atoms with E-state index in [0.29, 0.717) is 0 Å². The molecule has 2 unspecified atom stereocenters. The average molecular weight is 242 g/mol. The molecule has 0 bridgehead atoms. The molecule has 2 atom stereocenters. The van der Waals surface area contributed by atoms with Crippen molar-refractivity contribution in [3.63, 3.8) is 0 Å². The Hall–Kier alpha value is 0.270. The molecule has 1 aliphatic heterocycles. The van der Waals surface area contributed by atoms with E-state index in [1.165, 1.54) is 50.3 Å². The summed E-state index contributed by atoms with van der Waals surface area (Å²) in [5, 5.41) is 3.79. The highest BCUT2D eigenvalue weighted by atomic mass is 32.2. The summed E-state index contributed by atoms with van der Waals surface area (Å²) in [6.45, 7) is 7.24. The molecule has 0 spiro atoms. The van der Waals surface area contributed by atoms with Crippen molar-refractivity contribution in [3.05, 3.63) is 0 Å². The van der Waals surface area contributed by atoms with E-state index in [1.807, 2.05) is 0 Å². The minimum Gasteiger partial charge on any atom is -0.310 e. The van der Waals surface area contributed by atoms with Crippen LogP contribution in [0.3, 0.4) is 0 Å². The standard InChI is InChI=1S/C13H26N2S/c1-3-16-10-11(2)15-8-4-5-13(9-15)14-12-6-7-12/h11-14H,3-10H2,1-2H3. The summed E-state index contributed by atoms with van der Waals surface area (Å²) in [4.78, 5) is 2.69. The minimum atomic E-state index is 0.758. The molecule has 2 nitrogen and oxygen atoms in total. The zero-order valence-corrected chi connectivity index (χ0v) is 11.6. The highest BCUT2D eigenvalue weighted by Gasteiger charge is 2.28. The first-order valence-electron chi connectivity index (χ1n) is 6.87. The third kappa shape index (κ3) is 3.94. The SMILES string of the molecule is CCSCC(C)N1CCCC(NC2CC2)C1. The Bertz CT molecular complexity index is 206. The molecular weight excluding hydrogens is 216 g/mol. The molecule has 0 aromatic heterocycles. The summed E-state index contributed by atoms with van der Waals surface area (Å²) in [5.41, 5.74) is 0. The molecule has 1 saturated heterocycles. The van der Waals surface area contributed by atoms with Crippen molar-refractivity contribution in [2.75, 3.05) is 24.6 Å². The van der Waals surface area contributed by atoms with Gasteiger partial charge in [0, 0.05) is 30.4 Å². The molecule has 1 aliphatic carbocycles. The monoisotopic (exact) mass is 242 g/mol. The van der Waals surface area contributed by atoms with Crippen LogP contribution in [0, 0.1) is 0 Å². The van der Waals surface area contributed by atoms with Gasteiger partial charge in [0.2, 0.25) is 0 Å². The maximum Gasteiger partial charge on any atom is 0.0198 e. The third-order valence-electron chi connectivity index (χ3n) is 3.69. The van der Waals surface area contributed by atoms with E-state index in [-0.39, 0.29) is 0 Å². The van der Waals surface area contributed by atoms with Gasteiger partial charge >= 0.3 is 0 Å². The molecule has 1 N–H and O–H groups in total. The van der Waals surface area contributed by atoms with Crippen LogP contribution in [0.25, 0.3) is 0 Å². The zero-order chi connectivity index (χ0) is 11.4. The van der Waals surface area contributed by atoms with E-state index < -0.39 is 0 Å². The molecule has 1 heterocycles. The van der Waals surface area contributed by atoms with E-state index in [2.05, 4.69) is 35.8 Å². The summed E-state index contributed by atoms with van der Waals surface area (Å²) in [6, 6.07) is 2.40. The molecule has 0 amide bonds. The first kappa shape index (κ1) is 12.7. The Balaban J connectivity index is 1.71. The third-order valence-corrected chi connectivity index (χ3v) is 4.81. The number of likely N-dealkylation sites (tertiary alicyclic amines) is 1. The topological polar surface area (TPSA) is 15.3 Å². The zero-order valence-electron chi connectivity index (χ0n) is 10.7. The summed E-state index contributed by atoms with van der Waals surface area (Å²) in [5.74, 6) is 2.55. The predicted octanol–water partition coefficient (Wildman–Crippen LogP) is 2.34. The molecule has 16 heavy (non-hydrogen) atoms. The number of rotatable bonds is 6. The Morgan fingerprint density at radius 1 is 1.31 bits per heavy atom. The van der Waals surface area contributed by atoms with Crippen LogP contribution in [0.15, 0.2) is 0 Å². The first-order valence-corrected chi connectivity index (χ1v) is 8.03. The number of nitrogens with one attached hydrogen (secondary N) is 1. The van der Waals surface area contributed by atoms with Crippen molar-refractivity contribution in [1.29, 1.82) is 0 Å². The average Bonchev–Trinajstić information content (AvgIpc) is 3.10. The second-order valence-corrected chi connectivity index (χ2v) is 6.60. The molecule has 0 aromatic rings. The molecule has 0 radical (unpaired) electrons. The Morgan fingerprint density at radius 2 is 2.12 bits per heavy atom. The van der Waals surface area contributed by atoms with Crippen molar-refractivity contribution in [1.82, 2.24) is 10.2 Å². The smallest absolute Gasteiger partial charge is 0.0198 e. The van der Waals surface area contributed by atoms with E-state index >= 15 is 0 Å². The van der Waals surface area contributed by atoms with Gasteiger partial charge in [-0.2, -0.15) is 11.8 Å². The maximum absolute atomic E-state index is 3.79. The van der Waals surface area contributed by atoms with Gasteiger partial charge in [0.25, 0.3) is 0 Å². The number of nitrogens with zero attached hydrogens (tertiary/aromatic N) is 1. The molecule has 3 heteroatoms. The van der Waals surface area contributed by atoms with Crippen molar-refractivity contribution in [2.24, 2.45) is 0 Å². The molecule has 94 valence electrons. The largest absolute Gasteiger partial charge is 0.310 e. The summed E-state index contributed by atoms with van der Waals surface area (Å²) < 4.78 is 0. The molecule has 2 fully saturated rings. The fraction of sp³-hybridized carbons (Fsp3) is 1.00. The van der Waals surface area contributed by atoms with Crippen molar-refractivity contribution in [2.45, 2.75) is 57.7 Å². The Labute approximate surface area is 105 Å². The van der Waals surface area contributed by atoms with Crippen molar-refractivity contribution < 1.29 is 0 Å². The van der Waals surface area contributed by atoms with Crippen LogP contribution in [0.4, 0.5) is 0 Å². The second kappa shape index (κ2) is 6.27. The van der Waals surface area contributed by atoms with Gasteiger partial charge in [-0.1, -0.05) is 6.92 Å². The van der Waals surface area contributed by atoms with Crippen LogP contribution in [-0.2, 0) is 0 Å². The molecule has 2 rings (SSSR count). The van der Waals surface area contributed by atoms with Gasteiger partial charge in [0.1, 0.15) is 0 Å². The van der Waals surface area contributed by atoms with Gasteiger partial charge in [-0.05, 0) is 44.9 Å². The van der Waals surface area contributed by atoms with Gasteiger partial charge in [0.15, 0.2) is 0 Å². The predicted molar refractivity (Wildman–Crippen MR) is 73.2 cm³/mol. The lowest BCUT2D eigenvalue weighted by Crippen LogP contribution is -2.50. The highest BCUT2D eigenvalue weighted by molar-refractivity contribution is 7.99. The van der Waals surface area contributed by atoms with E-state index in [4.69, 9.17) is 0 Å². The van der Waals surface area contributed by atoms with E-state index in [1.54, 1.807) is 0 Å². The van der Waals surface area contributed by atoms with Gasteiger partial charge in [-0.15, -0.1) is 0 Å². The molecular formula is C13H26N2S. The Kier molecular flexibility index (Phi) is 4.98. The number of piperidine rings is 1. The van der Waals surface area contributed by atoms with Gasteiger partial charge < -0.3 is 5.32 Å². The normalized spacial score (nSPS) is 29.2. The highest BCUT2D eigenvalue weighted by Crippen LogP contribution is 2.23. The number of thioether (sulfide) groups is 1.